The van der Waals surface area contributed by atoms with Crippen molar-refractivity contribution in [1.29, 1.82) is 0 Å². The van der Waals surface area contributed by atoms with E-state index in [0.717, 1.165) is 25.7 Å². The van der Waals surface area contributed by atoms with Gasteiger partial charge >= 0.3 is 0 Å². The van der Waals surface area contributed by atoms with Crippen molar-refractivity contribution in [3.05, 3.63) is 0 Å². The molecule has 0 saturated heterocycles. The summed E-state index contributed by atoms with van der Waals surface area (Å²) in [6, 6.07) is 0. The van der Waals surface area contributed by atoms with Crippen molar-refractivity contribution in [3.63, 3.8) is 0 Å². The number of Topliss-reactive ketones (excluding diaryl/α,β-unsaturated/α-hetero) is 1. The molecular formula is C13H27NO. The Morgan fingerprint density at radius 1 is 1.07 bits per heavy atom. The van der Waals surface area contributed by atoms with Gasteiger partial charge in [-0.1, -0.05) is 46.0 Å². The summed E-state index contributed by atoms with van der Waals surface area (Å²) in [5, 5.41) is 0. The van der Waals surface area contributed by atoms with Crippen LogP contribution in [-0.2, 0) is 4.79 Å². The van der Waals surface area contributed by atoms with Gasteiger partial charge in [0.1, 0.15) is 5.78 Å². The van der Waals surface area contributed by atoms with E-state index in [4.69, 9.17) is 5.73 Å². The van der Waals surface area contributed by atoms with Crippen LogP contribution >= 0.6 is 0 Å². The highest BCUT2D eigenvalue weighted by Crippen LogP contribution is 2.12. The van der Waals surface area contributed by atoms with Crippen LogP contribution in [0.4, 0.5) is 0 Å². The van der Waals surface area contributed by atoms with Crippen LogP contribution in [0.2, 0.25) is 0 Å². The molecule has 1 atom stereocenters. The SMILES string of the molecule is CCCCCCCC(=O)C(CN)CCC. The van der Waals surface area contributed by atoms with Gasteiger partial charge in [0.15, 0.2) is 0 Å². The molecule has 2 N–H and O–H groups in total. The maximum absolute atomic E-state index is 11.7. The quantitative estimate of drug-likeness (QED) is 0.566. The number of carbonyl (C=O) groups is 1. The first-order valence-electron chi connectivity index (χ1n) is 6.49. The number of hydrogen-bond acceptors (Lipinski definition) is 2. The molecule has 0 amide bonds. The summed E-state index contributed by atoms with van der Waals surface area (Å²) >= 11 is 0. The molecule has 0 aromatic rings. The molecule has 0 aromatic carbocycles. The molecule has 0 heterocycles. The van der Waals surface area contributed by atoms with E-state index < -0.39 is 0 Å². The number of hydrogen-bond donors (Lipinski definition) is 1. The van der Waals surface area contributed by atoms with Gasteiger partial charge in [0.25, 0.3) is 0 Å². The van der Waals surface area contributed by atoms with Crippen molar-refractivity contribution in [2.45, 2.75) is 65.2 Å². The summed E-state index contributed by atoms with van der Waals surface area (Å²) < 4.78 is 0. The number of nitrogens with two attached hydrogens (primary N) is 1. The van der Waals surface area contributed by atoms with Crippen molar-refractivity contribution in [2.24, 2.45) is 11.7 Å². The van der Waals surface area contributed by atoms with Gasteiger partial charge < -0.3 is 5.73 Å². The summed E-state index contributed by atoms with van der Waals surface area (Å²) in [4.78, 5) is 11.7. The lowest BCUT2D eigenvalue weighted by Gasteiger charge is -2.11. The zero-order valence-electron chi connectivity index (χ0n) is 10.4. The molecule has 0 aromatic heterocycles. The van der Waals surface area contributed by atoms with E-state index in [2.05, 4.69) is 13.8 Å². The Bertz CT molecular complexity index is 157. The van der Waals surface area contributed by atoms with Gasteiger partial charge in [-0.15, -0.1) is 0 Å². The molecule has 15 heavy (non-hydrogen) atoms. The first-order valence-corrected chi connectivity index (χ1v) is 6.49. The van der Waals surface area contributed by atoms with Gasteiger partial charge in [0.05, 0.1) is 0 Å². The van der Waals surface area contributed by atoms with E-state index in [1.165, 1.54) is 25.7 Å². The molecule has 0 fully saturated rings. The summed E-state index contributed by atoms with van der Waals surface area (Å²) in [5.41, 5.74) is 5.59. The van der Waals surface area contributed by atoms with Gasteiger partial charge in [0.2, 0.25) is 0 Å². The highest BCUT2D eigenvalue weighted by Gasteiger charge is 2.14. The van der Waals surface area contributed by atoms with Crippen LogP contribution in [0.3, 0.4) is 0 Å². The Kier molecular flexibility index (Phi) is 9.91. The van der Waals surface area contributed by atoms with E-state index in [9.17, 15) is 4.79 Å². The van der Waals surface area contributed by atoms with Crippen molar-refractivity contribution < 1.29 is 4.79 Å². The molecule has 0 bridgehead atoms. The van der Waals surface area contributed by atoms with E-state index in [1.54, 1.807) is 0 Å². The lowest BCUT2D eigenvalue weighted by atomic mass is 9.95. The number of unbranched alkanes of at least 4 members (excludes halogenated alkanes) is 4. The maximum Gasteiger partial charge on any atom is 0.137 e. The molecule has 1 unspecified atom stereocenters. The fourth-order valence-corrected chi connectivity index (χ4v) is 1.87. The number of carbonyl (C=O) groups excluding carboxylic acids is 1. The minimum Gasteiger partial charge on any atom is -0.330 e. The van der Waals surface area contributed by atoms with Crippen LogP contribution < -0.4 is 5.73 Å². The van der Waals surface area contributed by atoms with Gasteiger partial charge in [0, 0.05) is 18.9 Å². The average molecular weight is 213 g/mol. The summed E-state index contributed by atoms with van der Waals surface area (Å²) in [5.74, 6) is 0.511. The zero-order chi connectivity index (χ0) is 11.5. The smallest absolute Gasteiger partial charge is 0.137 e. The van der Waals surface area contributed by atoms with E-state index in [0.29, 0.717) is 12.3 Å². The molecule has 0 aliphatic heterocycles. The standard InChI is InChI=1S/C13H27NO/c1-3-5-6-7-8-10-13(15)12(11-14)9-4-2/h12H,3-11,14H2,1-2H3. The third-order valence-corrected chi connectivity index (χ3v) is 2.90. The summed E-state index contributed by atoms with van der Waals surface area (Å²) in [6.45, 7) is 4.84. The van der Waals surface area contributed by atoms with E-state index in [-0.39, 0.29) is 5.92 Å². The largest absolute Gasteiger partial charge is 0.330 e. The van der Waals surface area contributed by atoms with Crippen LogP contribution in [0.15, 0.2) is 0 Å². The third kappa shape index (κ3) is 7.55. The second kappa shape index (κ2) is 10.2. The Balaban J connectivity index is 3.53. The van der Waals surface area contributed by atoms with Gasteiger partial charge in [-0.05, 0) is 12.8 Å². The molecule has 0 spiro atoms. The highest BCUT2D eigenvalue weighted by atomic mass is 16.1. The lowest BCUT2D eigenvalue weighted by molar-refractivity contribution is -0.122. The van der Waals surface area contributed by atoms with Crippen molar-refractivity contribution in [1.82, 2.24) is 0 Å². The Morgan fingerprint density at radius 3 is 2.27 bits per heavy atom. The van der Waals surface area contributed by atoms with Crippen LogP contribution in [0.5, 0.6) is 0 Å². The van der Waals surface area contributed by atoms with Gasteiger partial charge in [-0.3, -0.25) is 4.79 Å². The number of ketones is 1. The topological polar surface area (TPSA) is 43.1 Å². The van der Waals surface area contributed by atoms with Crippen molar-refractivity contribution in [2.75, 3.05) is 6.54 Å². The van der Waals surface area contributed by atoms with Crippen molar-refractivity contribution >= 4 is 5.78 Å². The number of rotatable bonds is 10. The predicted molar refractivity (Wildman–Crippen MR) is 65.8 cm³/mol. The molecule has 90 valence electrons. The average Bonchev–Trinajstić information content (AvgIpc) is 2.25. The van der Waals surface area contributed by atoms with Crippen LogP contribution in [0.25, 0.3) is 0 Å². The second-order valence-electron chi connectivity index (χ2n) is 4.35. The van der Waals surface area contributed by atoms with Gasteiger partial charge in [-0.2, -0.15) is 0 Å². The fourth-order valence-electron chi connectivity index (χ4n) is 1.87. The van der Waals surface area contributed by atoms with Gasteiger partial charge in [-0.25, -0.2) is 0 Å². The normalized spacial score (nSPS) is 12.7. The van der Waals surface area contributed by atoms with E-state index in [1.807, 2.05) is 0 Å². The molecule has 0 rings (SSSR count). The Labute approximate surface area is 94.6 Å². The molecular weight excluding hydrogens is 186 g/mol. The summed E-state index contributed by atoms with van der Waals surface area (Å²) in [6.07, 6.45) is 8.84. The maximum atomic E-state index is 11.7. The lowest BCUT2D eigenvalue weighted by Crippen LogP contribution is -2.23. The van der Waals surface area contributed by atoms with Crippen molar-refractivity contribution in [3.8, 4) is 0 Å². The first-order chi connectivity index (χ1) is 7.26. The minimum absolute atomic E-state index is 0.126. The third-order valence-electron chi connectivity index (χ3n) is 2.90. The molecule has 0 radical (unpaired) electrons. The minimum atomic E-state index is 0.126. The Hall–Kier alpha value is -0.370. The highest BCUT2D eigenvalue weighted by molar-refractivity contribution is 5.81. The Morgan fingerprint density at radius 2 is 1.73 bits per heavy atom. The predicted octanol–water partition coefficient (Wildman–Crippen LogP) is 3.29. The van der Waals surface area contributed by atoms with Crippen LogP contribution in [0, 0.1) is 5.92 Å². The monoisotopic (exact) mass is 213 g/mol. The molecule has 2 nitrogen and oxygen atoms in total. The van der Waals surface area contributed by atoms with E-state index >= 15 is 0 Å². The second-order valence-corrected chi connectivity index (χ2v) is 4.35. The zero-order valence-corrected chi connectivity index (χ0v) is 10.4. The molecule has 0 aliphatic carbocycles. The summed E-state index contributed by atoms with van der Waals surface area (Å²) in [7, 11) is 0. The fraction of sp³-hybridized carbons (Fsp3) is 0.923. The van der Waals surface area contributed by atoms with Crippen LogP contribution in [0.1, 0.15) is 65.2 Å². The molecule has 0 saturated carbocycles. The molecule has 2 heteroatoms. The first kappa shape index (κ1) is 14.6. The molecule has 0 aliphatic rings. The van der Waals surface area contributed by atoms with Crippen LogP contribution in [-0.4, -0.2) is 12.3 Å².